The average molecular weight is 400 g/mol. The molecule has 30 heavy (non-hydrogen) atoms. The van der Waals surface area contributed by atoms with Gasteiger partial charge in [0, 0.05) is 30.1 Å². The van der Waals surface area contributed by atoms with Gasteiger partial charge in [0.1, 0.15) is 17.6 Å². The van der Waals surface area contributed by atoms with Gasteiger partial charge in [0.2, 0.25) is 11.7 Å². The first-order chi connectivity index (χ1) is 14.6. The summed E-state index contributed by atoms with van der Waals surface area (Å²) in [5, 5.41) is 16.2. The number of hydrogen-bond donors (Lipinski definition) is 1. The summed E-state index contributed by atoms with van der Waals surface area (Å²) in [6.07, 6.45) is 4.12. The standard InChI is InChI=1S/C21H20N8O/c1-11-21(30)28(2)10-17-18(23-20(29(11)17)12-6-7-12)14-5-3-4-13-8-16(22-9-15(13)14)19-24-26-27-25-19/h3-5,8-9,11-12H,6-7,10H2,1-2H3,(H,24,25,26,27)/t11-/m1/s1. The van der Waals surface area contributed by atoms with Crippen LogP contribution in [0.4, 0.5) is 0 Å². The number of pyridine rings is 1. The number of hydrogen-bond acceptors (Lipinski definition) is 6. The second-order valence-corrected chi connectivity index (χ2v) is 8.11. The maximum absolute atomic E-state index is 12.6. The minimum atomic E-state index is -0.228. The SMILES string of the molecule is C[C@@H]1C(=O)N(C)Cc2c(-c3cccc4cc(-c5nn[nH]n5)ncc34)nc(C3CC3)n21. The molecule has 0 unspecified atom stereocenters. The Bertz CT molecular complexity index is 1290. The molecule has 9 nitrogen and oxygen atoms in total. The van der Waals surface area contributed by atoms with Gasteiger partial charge in [-0.3, -0.25) is 9.78 Å². The van der Waals surface area contributed by atoms with Crippen molar-refractivity contribution in [2.24, 2.45) is 0 Å². The highest BCUT2D eigenvalue weighted by molar-refractivity contribution is 5.97. The van der Waals surface area contributed by atoms with Gasteiger partial charge in [-0.2, -0.15) is 5.21 Å². The Kier molecular flexibility index (Phi) is 3.56. The van der Waals surface area contributed by atoms with E-state index in [9.17, 15) is 4.79 Å². The molecule has 2 aliphatic rings. The van der Waals surface area contributed by atoms with Crippen LogP contribution >= 0.6 is 0 Å². The van der Waals surface area contributed by atoms with E-state index in [1.54, 1.807) is 4.90 Å². The average Bonchev–Trinajstić information content (AvgIpc) is 3.31. The number of carbonyl (C=O) groups excluding carboxylic acids is 1. The van der Waals surface area contributed by atoms with E-state index in [1.165, 1.54) is 0 Å². The molecule has 1 amide bonds. The Morgan fingerprint density at radius 3 is 2.87 bits per heavy atom. The highest BCUT2D eigenvalue weighted by Gasteiger charge is 2.38. The van der Waals surface area contributed by atoms with Crippen molar-refractivity contribution in [1.82, 2.24) is 40.1 Å². The largest absolute Gasteiger partial charge is 0.338 e. The zero-order chi connectivity index (χ0) is 20.4. The summed E-state index contributed by atoms with van der Waals surface area (Å²) in [4.78, 5) is 24.1. The van der Waals surface area contributed by atoms with Gasteiger partial charge in [-0.15, -0.1) is 10.2 Å². The van der Waals surface area contributed by atoms with Crippen LogP contribution < -0.4 is 0 Å². The molecule has 9 heteroatoms. The topological polar surface area (TPSA) is 105 Å². The Hall–Kier alpha value is -3.62. The molecule has 1 aliphatic carbocycles. The van der Waals surface area contributed by atoms with Crippen LogP contribution in [0.15, 0.2) is 30.5 Å². The van der Waals surface area contributed by atoms with Gasteiger partial charge in [0.25, 0.3) is 0 Å². The third-order valence-corrected chi connectivity index (χ3v) is 6.08. The first-order valence-electron chi connectivity index (χ1n) is 10.1. The number of benzene rings is 1. The van der Waals surface area contributed by atoms with Gasteiger partial charge >= 0.3 is 0 Å². The number of nitrogens with zero attached hydrogens (tertiary/aromatic N) is 7. The number of amides is 1. The fraction of sp³-hybridized carbons (Fsp3) is 0.333. The van der Waals surface area contributed by atoms with E-state index < -0.39 is 0 Å². The predicted octanol–water partition coefficient (Wildman–Crippen LogP) is 2.69. The Morgan fingerprint density at radius 2 is 2.10 bits per heavy atom. The van der Waals surface area contributed by atoms with Crippen molar-refractivity contribution in [3.63, 3.8) is 0 Å². The van der Waals surface area contributed by atoms with Gasteiger partial charge in [-0.1, -0.05) is 18.2 Å². The molecule has 1 atom stereocenters. The summed E-state index contributed by atoms with van der Waals surface area (Å²) in [5.41, 5.74) is 3.74. The summed E-state index contributed by atoms with van der Waals surface area (Å²) >= 11 is 0. The Morgan fingerprint density at radius 1 is 1.23 bits per heavy atom. The van der Waals surface area contributed by atoms with Crippen molar-refractivity contribution in [3.8, 4) is 22.8 Å². The summed E-state index contributed by atoms with van der Waals surface area (Å²) in [7, 11) is 1.86. The molecule has 1 aromatic carbocycles. The van der Waals surface area contributed by atoms with Crippen molar-refractivity contribution >= 4 is 16.7 Å². The number of likely N-dealkylation sites (N-methyl/N-ethyl adjacent to an activating group) is 1. The number of rotatable bonds is 3. The molecule has 4 heterocycles. The van der Waals surface area contributed by atoms with E-state index in [4.69, 9.17) is 4.98 Å². The predicted molar refractivity (Wildman–Crippen MR) is 109 cm³/mol. The van der Waals surface area contributed by atoms with Crippen LogP contribution in [0.1, 0.15) is 43.2 Å². The highest BCUT2D eigenvalue weighted by atomic mass is 16.2. The lowest BCUT2D eigenvalue weighted by atomic mass is 10.0. The molecular formula is C21H20N8O. The maximum atomic E-state index is 12.6. The number of H-pyrrole nitrogens is 1. The van der Waals surface area contributed by atoms with E-state index in [2.05, 4.69) is 36.2 Å². The van der Waals surface area contributed by atoms with Gasteiger partial charge < -0.3 is 9.47 Å². The normalized spacial score (nSPS) is 18.8. The molecule has 0 bridgehead atoms. The van der Waals surface area contributed by atoms with E-state index in [0.29, 0.717) is 24.0 Å². The van der Waals surface area contributed by atoms with Gasteiger partial charge in [0.15, 0.2) is 0 Å². The number of imidazole rings is 1. The van der Waals surface area contributed by atoms with Gasteiger partial charge in [-0.25, -0.2) is 4.98 Å². The molecular weight excluding hydrogens is 380 g/mol. The molecule has 1 N–H and O–H groups in total. The quantitative estimate of drug-likeness (QED) is 0.567. The number of aromatic nitrogens is 7. The lowest BCUT2D eigenvalue weighted by Gasteiger charge is -2.31. The lowest BCUT2D eigenvalue weighted by molar-refractivity contribution is -0.135. The molecule has 0 saturated heterocycles. The third kappa shape index (κ3) is 2.47. The van der Waals surface area contributed by atoms with Crippen LogP contribution in [0.25, 0.3) is 33.5 Å². The number of carbonyl (C=O) groups is 1. The van der Waals surface area contributed by atoms with Crippen molar-refractivity contribution in [3.05, 3.63) is 42.0 Å². The minimum Gasteiger partial charge on any atom is -0.338 e. The number of tetrazole rings is 1. The summed E-state index contributed by atoms with van der Waals surface area (Å²) in [6, 6.07) is 7.90. The number of aromatic amines is 1. The van der Waals surface area contributed by atoms with E-state index in [0.717, 1.165) is 46.4 Å². The first-order valence-corrected chi connectivity index (χ1v) is 10.1. The lowest BCUT2D eigenvalue weighted by Crippen LogP contribution is -2.39. The highest BCUT2D eigenvalue weighted by Crippen LogP contribution is 2.45. The number of fused-ring (bicyclic) bond motifs is 2. The van der Waals surface area contributed by atoms with Crippen LogP contribution in [0.5, 0.6) is 0 Å². The van der Waals surface area contributed by atoms with Crippen molar-refractivity contribution < 1.29 is 4.79 Å². The van der Waals surface area contributed by atoms with Crippen LogP contribution in [0.3, 0.4) is 0 Å². The summed E-state index contributed by atoms with van der Waals surface area (Å²) in [5.74, 6) is 2.10. The Balaban J connectivity index is 1.55. The fourth-order valence-corrected chi connectivity index (χ4v) is 4.42. The second kappa shape index (κ2) is 6.19. The number of nitrogens with one attached hydrogen (secondary N) is 1. The maximum Gasteiger partial charge on any atom is 0.245 e. The van der Waals surface area contributed by atoms with Crippen LogP contribution in [0, 0.1) is 0 Å². The molecule has 150 valence electrons. The summed E-state index contributed by atoms with van der Waals surface area (Å²) in [6.45, 7) is 2.53. The van der Waals surface area contributed by atoms with E-state index >= 15 is 0 Å². The third-order valence-electron chi connectivity index (χ3n) is 6.08. The fourth-order valence-electron chi connectivity index (χ4n) is 4.42. The molecule has 3 aromatic heterocycles. The van der Waals surface area contributed by atoms with Crippen LogP contribution in [-0.4, -0.2) is 53.0 Å². The van der Waals surface area contributed by atoms with Crippen molar-refractivity contribution in [2.75, 3.05) is 7.05 Å². The van der Waals surface area contributed by atoms with E-state index in [1.807, 2.05) is 38.4 Å². The first kappa shape index (κ1) is 17.3. The zero-order valence-electron chi connectivity index (χ0n) is 16.7. The van der Waals surface area contributed by atoms with Gasteiger partial charge in [0.05, 0.1) is 17.9 Å². The smallest absolute Gasteiger partial charge is 0.245 e. The molecule has 1 saturated carbocycles. The van der Waals surface area contributed by atoms with Crippen LogP contribution in [-0.2, 0) is 11.3 Å². The second-order valence-electron chi connectivity index (χ2n) is 8.11. The zero-order valence-corrected chi connectivity index (χ0v) is 16.7. The van der Waals surface area contributed by atoms with Crippen LogP contribution in [0.2, 0.25) is 0 Å². The molecule has 0 spiro atoms. The minimum absolute atomic E-state index is 0.137. The van der Waals surface area contributed by atoms with Crippen molar-refractivity contribution in [1.29, 1.82) is 0 Å². The van der Waals surface area contributed by atoms with Gasteiger partial charge in [-0.05, 0) is 36.4 Å². The molecule has 1 aliphatic heterocycles. The summed E-state index contributed by atoms with van der Waals surface area (Å²) < 4.78 is 2.18. The molecule has 4 aromatic rings. The van der Waals surface area contributed by atoms with E-state index in [-0.39, 0.29) is 11.9 Å². The molecule has 6 rings (SSSR count). The molecule has 1 fully saturated rings. The van der Waals surface area contributed by atoms with Crippen molar-refractivity contribution in [2.45, 2.75) is 38.3 Å². The molecule has 0 radical (unpaired) electrons. The Labute approximate surface area is 172 Å². The monoisotopic (exact) mass is 400 g/mol.